The van der Waals surface area contributed by atoms with Crippen LogP contribution in [-0.4, -0.2) is 17.1 Å². The number of nitrogens with one attached hydrogen (secondary N) is 1. The van der Waals surface area contributed by atoms with Crippen LogP contribution in [0.5, 0.6) is 5.75 Å². The van der Waals surface area contributed by atoms with Crippen LogP contribution < -0.4 is 10.1 Å². The minimum atomic E-state index is 0.242. The summed E-state index contributed by atoms with van der Waals surface area (Å²) in [5.74, 6) is 2.56. The van der Waals surface area contributed by atoms with Crippen LogP contribution in [0.3, 0.4) is 0 Å². The second-order valence-corrected chi connectivity index (χ2v) is 5.18. The van der Waals surface area contributed by atoms with E-state index >= 15 is 0 Å². The van der Waals surface area contributed by atoms with E-state index in [2.05, 4.69) is 15.3 Å². The zero-order valence-electron chi connectivity index (χ0n) is 11.9. The lowest BCUT2D eigenvalue weighted by molar-refractivity contribution is 0.414. The molecule has 106 valence electrons. The summed E-state index contributed by atoms with van der Waals surface area (Å²) < 4.78 is 5.20. The number of nitrogens with zero attached hydrogens (tertiary/aromatic N) is 2. The Morgan fingerprint density at radius 1 is 1.25 bits per heavy atom. The summed E-state index contributed by atoms with van der Waals surface area (Å²) in [6.07, 6.45) is 0. The lowest BCUT2D eigenvalue weighted by Crippen LogP contribution is -2.05. The van der Waals surface area contributed by atoms with Crippen molar-refractivity contribution in [1.29, 1.82) is 0 Å². The van der Waals surface area contributed by atoms with E-state index in [1.54, 1.807) is 13.2 Å². The van der Waals surface area contributed by atoms with E-state index in [0.717, 1.165) is 23.0 Å². The smallest absolute Gasteiger partial charge is 0.135 e. The molecule has 1 N–H and O–H groups in total. The highest BCUT2D eigenvalue weighted by Gasteiger charge is 2.07. The molecule has 2 rings (SSSR count). The lowest BCUT2D eigenvalue weighted by atomic mass is 10.2. The Hall–Kier alpha value is -1.81. The molecule has 0 aliphatic rings. The number of aromatic nitrogens is 2. The van der Waals surface area contributed by atoms with Gasteiger partial charge in [0.15, 0.2) is 0 Å². The monoisotopic (exact) mass is 291 g/mol. The van der Waals surface area contributed by atoms with Crippen LogP contribution in [0.25, 0.3) is 0 Å². The molecule has 0 atom stereocenters. The Labute approximate surface area is 124 Å². The van der Waals surface area contributed by atoms with E-state index in [9.17, 15) is 0 Å². The molecule has 0 spiro atoms. The number of halogens is 1. The van der Waals surface area contributed by atoms with Crippen molar-refractivity contribution in [2.24, 2.45) is 0 Å². The van der Waals surface area contributed by atoms with E-state index in [0.29, 0.717) is 11.7 Å². The van der Waals surface area contributed by atoms with Gasteiger partial charge in [-0.15, -0.1) is 0 Å². The molecule has 5 heteroatoms. The van der Waals surface area contributed by atoms with Gasteiger partial charge in [-0.05, 0) is 17.7 Å². The van der Waals surface area contributed by atoms with Gasteiger partial charge in [-0.2, -0.15) is 0 Å². The summed E-state index contributed by atoms with van der Waals surface area (Å²) in [5, 5.41) is 3.71. The Kier molecular flexibility index (Phi) is 4.79. The van der Waals surface area contributed by atoms with E-state index in [1.807, 2.05) is 38.1 Å². The molecule has 4 nitrogen and oxygen atoms in total. The van der Waals surface area contributed by atoms with Crippen molar-refractivity contribution in [2.45, 2.75) is 26.3 Å². The van der Waals surface area contributed by atoms with Gasteiger partial charge in [-0.25, -0.2) is 9.97 Å². The molecule has 0 aliphatic heterocycles. The topological polar surface area (TPSA) is 47.0 Å². The second-order valence-electron chi connectivity index (χ2n) is 4.79. The van der Waals surface area contributed by atoms with Gasteiger partial charge in [0.2, 0.25) is 0 Å². The first-order valence-corrected chi connectivity index (χ1v) is 6.87. The number of ether oxygens (including phenoxy) is 1. The summed E-state index contributed by atoms with van der Waals surface area (Å²) in [7, 11) is 1.66. The van der Waals surface area contributed by atoms with Gasteiger partial charge in [0, 0.05) is 18.5 Å². The average Bonchev–Trinajstić information content (AvgIpc) is 2.44. The zero-order chi connectivity index (χ0) is 14.5. The van der Waals surface area contributed by atoms with Crippen molar-refractivity contribution in [3.8, 4) is 5.75 Å². The molecule has 0 saturated heterocycles. The Morgan fingerprint density at radius 2 is 2.05 bits per heavy atom. The molecular formula is C15H18ClN3O. The average molecular weight is 292 g/mol. The normalized spacial score (nSPS) is 10.7. The van der Waals surface area contributed by atoms with Gasteiger partial charge in [-0.3, -0.25) is 0 Å². The van der Waals surface area contributed by atoms with Gasteiger partial charge in [0.1, 0.15) is 22.5 Å². The third-order valence-electron chi connectivity index (χ3n) is 2.84. The predicted molar refractivity (Wildman–Crippen MR) is 81.5 cm³/mol. The first-order chi connectivity index (χ1) is 9.58. The summed E-state index contributed by atoms with van der Waals surface area (Å²) in [4.78, 5) is 8.66. The van der Waals surface area contributed by atoms with Gasteiger partial charge >= 0.3 is 0 Å². The number of hydrogen-bond acceptors (Lipinski definition) is 4. The van der Waals surface area contributed by atoms with E-state index in [4.69, 9.17) is 16.3 Å². The number of methoxy groups -OCH3 is 1. The van der Waals surface area contributed by atoms with Crippen molar-refractivity contribution >= 4 is 17.4 Å². The molecular weight excluding hydrogens is 274 g/mol. The van der Waals surface area contributed by atoms with Crippen molar-refractivity contribution in [2.75, 3.05) is 12.4 Å². The third kappa shape index (κ3) is 3.84. The van der Waals surface area contributed by atoms with Crippen LogP contribution in [0.15, 0.2) is 30.3 Å². The fraction of sp³-hybridized carbons (Fsp3) is 0.333. The molecule has 0 fully saturated rings. The van der Waals surface area contributed by atoms with E-state index in [1.165, 1.54) is 0 Å². The summed E-state index contributed by atoms with van der Waals surface area (Å²) in [6, 6.07) is 9.62. The van der Waals surface area contributed by atoms with Crippen LogP contribution in [0, 0.1) is 0 Å². The molecule has 0 unspecified atom stereocenters. The maximum absolute atomic E-state index is 6.01. The molecule has 0 bridgehead atoms. The molecule has 0 radical (unpaired) electrons. The Morgan fingerprint density at radius 3 is 2.75 bits per heavy atom. The Balaban J connectivity index is 2.10. The first-order valence-electron chi connectivity index (χ1n) is 6.49. The molecule has 2 aromatic rings. The van der Waals surface area contributed by atoms with Crippen LogP contribution in [0.2, 0.25) is 5.15 Å². The summed E-state index contributed by atoms with van der Waals surface area (Å²) >= 11 is 6.01. The highest BCUT2D eigenvalue weighted by Crippen LogP contribution is 2.18. The summed E-state index contributed by atoms with van der Waals surface area (Å²) in [5.41, 5.74) is 1.12. The molecule has 0 aliphatic carbocycles. The van der Waals surface area contributed by atoms with Crippen LogP contribution in [0.1, 0.15) is 31.2 Å². The van der Waals surface area contributed by atoms with E-state index < -0.39 is 0 Å². The second kappa shape index (κ2) is 6.57. The fourth-order valence-corrected chi connectivity index (χ4v) is 1.95. The van der Waals surface area contributed by atoms with Gasteiger partial charge in [0.05, 0.1) is 7.11 Å². The zero-order valence-corrected chi connectivity index (χ0v) is 12.6. The molecule has 0 saturated carbocycles. The largest absolute Gasteiger partial charge is 0.497 e. The lowest BCUT2D eigenvalue weighted by Gasteiger charge is -2.10. The highest BCUT2D eigenvalue weighted by molar-refractivity contribution is 6.29. The summed E-state index contributed by atoms with van der Waals surface area (Å²) in [6.45, 7) is 4.73. The van der Waals surface area contributed by atoms with Crippen LogP contribution in [-0.2, 0) is 6.54 Å². The van der Waals surface area contributed by atoms with Crippen LogP contribution in [0.4, 0.5) is 5.82 Å². The van der Waals surface area contributed by atoms with Gasteiger partial charge in [-0.1, -0.05) is 37.6 Å². The first kappa shape index (κ1) is 14.6. The maximum Gasteiger partial charge on any atom is 0.135 e. The quantitative estimate of drug-likeness (QED) is 0.850. The standard InChI is InChI=1S/C15H18ClN3O/c1-10(2)15-18-13(16)8-14(19-15)17-9-11-5-4-6-12(7-11)20-3/h4-8,10H,9H2,1-3H3,(H,17,18,19). The minimum absolute atomic E-state index is 0.242. The number of anilines is 1. The van der Waals surface area contributed by atoms with Crippen molar-refractivity contribution < 1.29 is 4.74 Å². The van der Waals surface area contributed by atoms with Crippen molar-refractivity contribution in [1.82, 2.24) is 9.97 Å². The van der Waals surface area contributed by atoms with Crippen molar-refractivity contribution in [3.05, 3.63) is 46.9 Å². The van der Waals surface area contributed by atoms with Crippen molar-refractivity contribution in [3.63, 3.8) is 0 Å². The molecule has 1 aromatic heterocycles. The molecule has 0 amide bonds. The highest BCUT2D eigenvalue weighted by atomic mass is 35.5. The number of benzene rings is 1. The third-order valence-corrected chi connectivity index (χ3v) is 3.03. The molecule has 20 heavy (non-hydrogen) atoms. The number of rotatable bonds is 5. The van der Waals surface area contributed by atoms with Gasteiger partial charge < -0.3 is 10.1 Å². The minimum Gasteiger partial charge on any atom is -0.497 e. The fourth-order valence-electron chi connectivity index (χ4n) is 1.76. The molecule has 1 heterocycles. The van der Waals surface area contributed by atoms with E-state index in [-0.39, 0.29) is 5.92 Å². The SMILES string of the molecule is COc1cccc(CNc2cc(Cl)nc(C(C)C)n2)c1. The Bertz CT molecular complexity index is 587. The number of hydrogen-bond donors (Lipinski definition) is 1. The van der Waals surface area contributed by atoms with Crippen LogP contribution >= 0.6 is 11.6 Å². The maximum atomic E-state index is 6.01. The predicted octanol–water partition coefficient (Wildman–Crippen LogP) is 3.87. The van der Waals surface area contributed by atoms with Gasteiger partial charge in [0.25, 0.3) is 0 Å². The molecule has 1 aromatic carbocycles.